The highest BCUT2D eigenvalue weighted by Crippen LogP contribution is 2.23. The SMILES string of the molecule is CNc1nc(NCC(C)(C)SC)c(F)cc1F. The number of nitrogens with zero attached hydrogens (tertiary/aromatic N) is 1. The van der Waals surface area contributed by atoms with E-state index >= 15 is 0 Å². The van der Waals surface area contributed by atoms with Crippen molar-refractivity contribution < 1.29 is 8.78 Å². The number of rotatable bonds is 5. The molecule has 0 amide bonds. The lowest BCUT2D eigenvalue weighted by Gasteiger charge is -2.22. The Hall–Kier alpha value is -1.04. The quantitative estimate of drug-likeness (QED) is 0.854. The summed E-state index contributed by atoms with van der Waals surface area (Å²) in [4.78, 5) is 3.85. The molecule has 1 rings (SSSR count). The number of anilines is 2. The van der Waals surface area contributed by atoms with Crippen LogP contribution in [-0.2, 0) is 0 Å². The second-order valence-corrected chi connectivity index (χ2v) is 5.73. The van der Waals surface area contributed by atoms with Gasteiger partial charge in [0.05, 0.1) is 0 Å². The minimum atomic E-state index is -0.695. The van der Waals surface area contributed by atoms with Crippen molar-refractivity contribution in [3.63, 3.8) is 0 Å². The molecule has 0 aliphatic rings. The van der Waals surface area contributed by atoms with Crippen LogP contribution >= 0.6 is 11.8 Å². The molecule has 0 unspecified atom stereocenters. The highest BCUT2D eigenvalue weighted by Gasteiger charge is 2.18. The van der Waals surface area contributed by atoms with Gasteiger partial charge in [-0.2, -0.15) is 11.8 Å². The molecule has 17 heavy (non-hydrogen) atoms. The molecule has 0 radical (unpaired) electrons. The van der Waals surface area contributed by atoms with Crippen molar-refractivity contribution in [1.82, 2.24) is 4.98 Å². The van der Waals surface area contributed by atoms with E-state index in [0.717, 1.165) is 6.07 Å². The molecule has 96 valence electrons. The number of thioether (sulfide) groups is 1. The average Bonchev–Trinajstić information content (AvgIpc) is 2.28. The highest BCUT2D eigenvalue weighted by atomic mass is 32.2. The van der Waals surface area contributed by atoms with Crippen LogP contribution in [0.2, 0.25) is 0 Å². The summed E-state index contributed by atoms with van der Waals surface area (Å²) in [6, 6.07) is 0.827. The molecule has 0 saturated heterocycles. The predicted molar refractivity (Wildman–Crippen MR) is 69.8 cm³/mol. The molecule has 0 aliphatic carbocycles. The second kappa shape index (κ2) is 5.53. The Morgan fingerprint density at radius 3 is 2.41 bits per heavy atom. The Morgan fingerprint density at radius 1 is 1.29 bits per heavy atom. The van der Waals surface area contributed by atoms with Gasteiger partial charge in [0.25, 0.3) is 0 Å². The maximum atomic E-state index is 13.4. The fourth-order valence-electron chi connectivity index (χ4n) is 1.13. The molecule has 0 saturated carbocycles. The van der Waals surface area contributed by atoms with Crippen molar-refractivity contribution >= 4 is 23.4 Å². The van der Waals surface area contributed by atoms with E-state index in [1.54, 1.807) is 18.8 Å². The molecule has 0 atom stereocenters. The van der Waals surface area contributed by atoms with Crippen LogP contribution in [0.25, 0.3) is 0 Å². The van der Waals surface area contributed by atoms with Crippen LogP contribution in [0.1, 0.15) is 13.8 Å². The summed E-state index contributed by atoms with van der Waals surface area (Å²) in [5.41, 5.74) is 0. The molecule has 0 aliphatic heterocycles. The number of halogens is 2. The molecule has 0 bridgehead atoms. The highest BCUT2D eigenvalue weighted by molar-refractivity contribution is 7.99. The topological polar surface area (TPSA) is 37.0 Å². The Labute approximate surface area is 104 Å². The minimum Gasteiger partial charge on any atom is -0.371 e. The Morgan fingerprint density at radius 2 is 1.88 bits per heavy atom. The van der Waals surface area contributed by atoms with Gasteiger partial charge in [-0.3, -0.25) is 0 Å². The van der Waals surface area contributed by atoms with E-state index in [2.05, 4.69) is 15.6 Å². The first-order valence-electron chi connectivity index (χ1n) is 5.22. The van der Waals surface area contributed by atoms with Gasteiger partial charge in [0.2, 0.25) is 0 Å². The van der Waals surface area contributed by atoms with Crippen LogP contribution in [0.5, 0.6) is 0 Å². The first-order valence-corrected chi connectivity index (χ1v) is 6.45. The van der Waals surface area contributed by atoms with Gasteiger partial charge in [-0.1, -0.05) is 0 Å². The van der Waals surface area contributed by atoms with Gasteiger partial charge in [0.15, 0.2) is 23.3 Å². The molecule has 0 aromatic carbocycles. The van der Waals surface area contributed by atoms with Crippen LogP contribution in [-0.4, -0.2) is 29.6 Å². The number of pyridine rings is 1. The summed E-state index contributed by atoms with van der Waals surface area (Å²) < 4.78 is 26.6. The van der Waals surface area contributed by atoms with Crippen LogP contribution in [0.4, 0.5) is 20.4 Å². The summed E-state index contributed by atoms with van der Waals surface area (Å²) >= 11 is 1.66. The second-order valence-electron chi connectivity index (χ2n) is 4.22. The lowest BCUT2D eigenvalue weighted by atomic mass is 10.2. The number of nitrogens with one attached hydrogen (secondary N) is 2. The summed E-state index contributed by atoms with van der Waals surface area (Å²) in [5, 5.41) is 5.47. The third kappa shape index (κ3) is 3.73. The summed E-state index contributed by atoms with van der Waals surface area (Å²) in [6.07, 6.45) is 1.98. The van der Waals surface area contributed by atoms with E-state index in [9.17, 15) is 8.78 Å². The minimum absolute atomic E-state index is 0.0378. The number of hydrogen-bond donors (Lipinski definition) is 2. The molecule has 2 N–H and O–H groups in total. The zero-order valence-corrected chi connectivity index (χ0v) is 11.2. The zero-order chi connectivity index (χ0) is 13.1. The zero-order valence-electron chi connectivity index (χ0n) is 10.4. The van der Waals surface area contributed by atoms with Gasteiger partial charge < -0.3 is 10.6 Å². The van der Waals surface area contributed by atoms with Gasteiger partial charge >= 0.3 is 0 Å². The Bertz CT molecular complexity index is 397. The predicted octanol–water partition coefficient (Wildman–Crippen LogP) is 2.96. The third-order valence-corrected chi connectivity index (χ3v) is 3.65. The molecule has 1 aromatic heterocycles. The number of hydrogen-bond acceptors (Lipinski definition) is 4. The van der Waals surface area contributed by atoms with Crippen molar-refractivity contribution in [2.45, 2.75) is 18.6 Å². The molecule has 1 aromatic rings. The van der Waals surface area contributed by atoms with Crippen LogP contribution < -0.4 is 10.6 Å². The third-order valence-electron chi connectivity index (χ3n) is 2.40. The van der Waals surface area contributed by atoms with Crippen molar-refractivity contribution in [2.75, 3.05) is 30.5 Å². The van der Waals surface area contributed by atoms with Crippen LogP contribution in [0.3, 0.4) is 0 Å². The Kier molecular flexibility index (Phi) is 4.56. The first kappa shape index (κ1) is 14.0. The molecule has 1 heterocycles. The normalized spacial score (nSPS) is 11.4. The average molecular weight is 261 g/mol. The largest absolute Gasteiger partial charge is 0.371 e. The van der Waals surface area contributed by atoms with E-state index in [0.29, 0.717) is 6.54 Å². The Balaban J connectivity index is 2.84. The molecule has 3 nitrogen and oxygen atoms in total. The summed E-state index contributed by atoms with van der Waals surface area (Å²) in [6.45, 7) is 4.61. The molecule has 6 heteroatoms. The summed E-state index contributed by atoms with van der Waals surface area (Å²) in [7, 11) is 1.54. The van der Waals surface area contributed by atoms with Crippen molar-refractivity contribution in [3.05, 3.63) is 17.7 Å². The smallest absolute Gasteiger partial charge is 0.168 e. The van der Waals surface area contributed by atoms with Crippen molar-refractivity contribution in [3.8, 4) is 0 Å². The van der Waals surface area contributed by atoms with E-state index in [4.69, 9.17) is 0 Å². The van der Waals surface area contributed by atoms with Crippen LogP contribution in [0, 0.1) is 11.6 Å². The molecular formula is C11H17F2N3S. The number of aromatic nitrogens is 1. The van der Waals surface area contributed by atoms with E-state index in [1.165, 1.54) is 0 Å². The van der Waals surface area contributed by atoms with E-state index in [1.807, 2.05) is 20.1 Å². The first-order chi connectivity index (χ1) is 7.89. The molecule has 0 spiro atoms. The maximum Gasteiger partial charge on any atom is 0.168 e. The summed E-state index contributed by atoms with van der Waals surface area (Å²) in [5.74, 6) is -1.27. The van der Waals surface area contributed by atoms with E-state index in [-0.39, 0.29) is 16.4 Å². The fraction of sp³-hybridized carbons (Fsp3) is 0.545. The van der Waals surface area contributed by atoms with E-state index < -0.39 is 11.6 Å². The lowest BCUT2D eigenvalue weighted by Crippen LogP contribution is -2.26. The maximum absolute atomic E-state index is 13.4. The van der Waals surface area contributed by atoms with Crippen LogP contribution in [0.15, 0.2) is 6.07 Å². The molecular weight excluding hydrogens is 244 g/mol. The van der Waals surface area contributed by atoms with Gasteiger partial charge in [-0.15, -0.1) is 0 Å². The lowest BCUT2D eigenvalue weighted by molar-refractivity contribution is 0.577. The van der Waals surface area contributed by atoms with Gasteiger partial charge in [-0.05, 0) is 20.1 Å². The van der Waals surface area contributed by atoms with Gasteiger partial charge in [0.1, 0.15) is 0 Å². The van der Waals surface area contributed by atoms with Crippen molar-refractivity contribution in [1.29, 1.82) is 0 Å². The fourth-order valence-corrected chi connectivity index (χ4v) is 1.35. The van der Waals surface area contributed by atoms with Crippen molar-refractivity contribution in [2.24, 2.45) is 0 Å². The standard InChI is InChI=1S/C11H17F2N3S/c1-11(2,17-4)6-15-10-8(13)5-7(12)9(14-3)16-10/h5H,6H2,1-4H3,(H2,14,15,16). The molecule has 0 fully saturated rings. The monoisotopic (exact) mass is 261 g/mol. The van der Waals surface area contributed by atoms with Gasteiger partial charge in [-0.25, -0.2) is 13.8 Å². The van der Waals surface area contributed by atoms with Gasteiger partial charge in [0, 0.05) is 24.4 Å².